The molecule has 23 heavy (non-hydrogen) atoms. The summed E-state index contributed by atoms with van der Waals surface area (Å²) < 4.78 is 0.912. The van der Waals surface area contributed by atoms with Crippen LogP contribution < -0.4 is 10.2 Å². The number of anilines is 2. The lowest BCUT2D eigenvalue weighted by atomic mass is 10.2. The Kier molecular flexibility index (Phi) is 6.35. The van der Waals surface area contributed by atoms with E-state index in [0.29, 0.717) is 19.3 Å². The van der Waals surface area contributed by atoms with E-state index in [9.17, 15) is 9.59 Å². The molecule has 0 atom stereocenters. The molecule has 0 aliphatic heterocycles. The summed E-state index contributed by atoms with van der Waals surface area (Å²) in [5.41, 5.74) is 1.60. The predicted octanol–water partition coefficient (Wildman–Crippen LogP) is 4.22. The number of hydrogen-bond donors (Lipinski definition) is 1. The van der Waals surface area contributed by atoms with Gasteiger partial charge in [-0.3, -0.25) is 9.59 Å². The molecule has 2 rings (SSSR count). The van der Waals surface area contributed by atoms with E-state index in [2.05, 4.69) is 21.2 Å². The zero-order chi connectivity index (χ0) is 16.7. The molecule has 0 aromatic heterocycles. The summed E-state index contributed by atoms with van der Waals surface area (Å²) in [5, 5.41) is 2.82. The fourth-order valence-corrected chi connectivity index (χ4v) is 2.55. The van der Waals surface area contributed by atoms with Crippen LogP contribution in [0.1, 0.15) is 19.3 Å². The van der Waals surface area contributed by atoms with Crippen molar-refractivity contribution in [3.63, 3.8) is 0 Å². The quantitative estimate of drug-likeness (QED) is 0.822. The highest BCUT2D eigenvalue weighted by atomic mass is 79.9. The maximum Gasteiger partial charge on any atom is 0.226 e. The summed E-state index contributed by atoms with van der Waals surface area (Å²) in [6, 6.07) is 16.9. The van der Waals surface area contributed by atoms with Crippen LogP contribution in [0.15, 0.2) is 59.1 Å². The Hall–Kier alpha value is -2.14. The molecular weight excluding hydrogens is 356 g/mol. The number of nitrogens with one attached hydrogen (secondary N) is 1. The van der Waals surface area contributed by atoms with Crippen molar-refractivity contribution < 1.29 is 9.59 Å². The summed E-state index contributed by atoms with van der Waals surface area (Å²) >= 11 is 3.36. The second-order valence-electron chi connectivity index (χ2n) is 5.20. The van der Waals surface area contributed by atoms with Gasteiger partial charge >= 0.3 is 0 Å². The normalized spacial score (nSPS) is 10.2. The van der Waals surface area contributed by atoms with Crippen molar-refractivity contribution >= 4 is 39.1 Å². The van der Waals surface area contributed by atoms with Crippen LogP contribution in [0.25, 0.3) is 0 Å². The summed E-state index contributed by atoms with van der Waals surface area (Å²) in [4.78, 5) is 25.6. The molecule has 0 radical (unpaired) electrons. The molecular formula is C18H19BrN2O2. The molecule has 4 nitrogen and oxygen atoms in total. The Morgan fingerprint density at radius 1 is 1.04 bits per heavy atom. The van der Waals surface area contributed by atoms with Gasteiger partial charge in [0.2, 0.25) is 11.8 Å². The number of nitrogens with zero attached hydrogens (tertiary/aromatic N) is 1. The lowest BCUT2D eigenvalue weighted by Gasteiger charge is -2.17. The first-order chi connectivity index (χ1) is 11.1. The van der Waals surface area contributed by atoms with Crippen molar-refractivity contribution in [2.45, 2.75) is 19.3 Å². The molecule has 2 aromatic rings. The standard InChI is InChI=1S/C18H19BrN2O2/c1-21(16-9-3-2-4-10-16)18(23)12-6-11-17(22)20-15-8-5-7-14(19)13-15/h2-5,7-10,13H,6,11-12H2,1H3,(H,20,22). The first-order valence-electron chi connectivity index (χ1n) is 7.43. The Labute approximate surface area is 144 Å². The fourth-order valence-electron chi connectivity index (χ4n) is 2.15. The summed E-state index contributed by atoms with van der Waals surface area (Å²) in [6.45, 7) is 0. The van der Waals surface area contributed by atoms with Gasteiger partial charge in [-0.05, 0) is 36.8 Å². The van der Waals surface area contributed by atoms with Gasteiger partial charge in [-0.1, -0.05) is 40.2 Å². The molecule has 0 unspecified atom stereocenters. The number of hydrogen-bond acceptors (Lipinski definition) is 2. The summed E-state index contributed by atoms with van der Waals surface area (Å²) in [6.07, 6.45) is 1.19. The molecule has 0 aliphatic rings. The van der Waals surface area contributed by atoms with E-state index in [1.54, 1.807) is 11.9 Å². The average Bonchev–Trinajstić information content (AvgIpc) is 2.55. The van der Waals surface area contributed by atoms with Crippen LogP contribution in [0.4, 0.5) is 11.4 Å². The van der Waals surface area contributed by atoms with E-state index >= 15 is 0 Å². The van der Waals surface area contributed by atoms with Crippen molar-refractivity contribution in [2.24, 2.45) is 0 Å². The Bertz CT molecular complexity index is 674. The minimum absolute atomic E-state index is 0.00598. The molecule has 5 heteroatoms. The summed E-state index contributed by atoms with van der Waals surface area (Å²) in [7, 11) is 1.75. The van der Waals surface area contributed by atoms with Gasteiger partial charge in [-0.2, -0.15) is 0 Å². The second kappa shape index (κ2) is 8.48. The number of benzene rings is 2. The minimum atomic E-state index is -0.0849. The van der Waals surface area contributed by atoms with E-state index in [4.69, 9.17) is 0 Å². The van der Waals surface area contributed by atoms with Crippen molar-refractivity contribution in [1.82, 2.24) is 0 Å². The number of carbonyl (C=O) groups is 2. The molecule has 0 heterocycles. The molecule has 0 spiro atoms. The number of rotatable bonds is 6. The Balaban J connectivity index is 1.76. The lowest BCUT2D eigenvalue weighted by Crippen LogP contribution is -2.26. The summed E-state index contributed by atoms with van der Waals surface area (Å²) in [5.74, 6) is -0.0790. The topological polar surface area (TPSA) is 49.4 Å². The van der Waals surface area contributed by atoms with Crippen molar-refractivity contribution in [2.75, 3.05) is 17.3 Å². The second-order valence-corrected chi connectivity index (χ2v) is 6.12. The average molecular weight is 375 g/mol. The molecule has 1 N–H and O–H groups in total. The highest BCUT2D eigenvalue weighted by Gasteiger charge is 2.11. The molecule has 0 fully saturated rings. The van der Waals surface area contributed by atoms with E-state index < -0.39 is 0 Å². The van der Waals surface area contributed by atoms with Gasteiger partial charge in [0.05, 0.1) is 0 Å². The molecule has 0 saturated heterocycles. The van der Waals surface area contributed by atoms with Gasteiger partial charge < -0.3 is 10.2 Å². The van der Waals surface area contributed by atoms with Crippen molar-refractivity contribution in [3.8, 4) is 0 Å². The van der Waals surface area contributed by atoms with Gasteiger partial charge in [-0.25, -0.2) is 0 Å². The first-order valence-corrected chi connectivity index (χ1v) is 8.22. The maximum absolute atomic E-state index is 12.1. The van der Waals surface area contributed by atoms with Gasteiger partial charge in [-0.15, -0.1) is 0 Å². The third kappa shape index (κ3) is 5.53. The van der Waals surface area contributed by atoms with Gasteiger partial charge in [0, 0.05) is 35.7 Å². The molecule has 2 amide bonds. The number of halogens is 1. The van der Waals surface area contributed by atoms with Crippen LogP contribution in [0, 0.1) is 0 Å². The van der Waals surface area contributed by atoms with Crippen LogP contribution >= 0.6 is 15.9 Å². The smallest absolute Gasteiger partial charge is 0.226 e. The molecule has 0 saturated carbocycles. The van der Waals surface area contributed by atoms with E-state index in [1.165, 1.54) is 0 Å². The number of carbonyl (C=O) groups excluding carboxylic acids is 2. The van der Waals surface area contributed by atoms with E-state index in [0.717, 1.165) is 15.8 Å². The molecule has 120 valence electrons. The Morgan fingerprint density at radius 2 is 1.78 bits per heavy atom. The third-order valence-corrected chi connectivity index (χ3v) is 3.91. The largest absolute Gasteiger partial charge is 0.326 e. The van der Waals surface area contributed by atoms with E-state index in [-0.39, 0.29) is 11.8 Å². The zero-order valence-corrected chi connectivity index (χ0v) is 14.5. The van der Waals surface area contributed by atoms with Crippen LogP contribution in [0.2, 0.25) is 0 Å². The van der Waals surface area contributed by atoms with Gasteiger partial charge in [0.1, 0.15) is 0 Å². The third-order valence-electron chi connectivity index (χ3n) is 3.42. The lowest BCUT2D eigenvalue weighted by molar-refractivity contribution is -0.118. The van der Waals surface area contributed by atoms with Gasteiger partial charge in [0.25, 0.3) is 0 Å². The van der Waals surface area contributed by atoms with Crippen molar-refractivity contribution in [1.29, 1.82) is 0 Å². The number of amides is 2. The zero-order valence-electron chi connectivity index (χ0n) is 13.0. The highest BCUT2D eigenvalue weighted by molar-refractivity contribution is 9.10. The maximum atomic E-state index is 12.1. The van der Waals surface area contributed by atoms with Crippen LogP contribution in [-0.2, 0) is 9.59 Å². The van der Waals surface area contributed by atoms with Crippen LogP contribution in [-0.4, -0.2) is 18.9 Å². The monoisotopic (exact) mass is 374 g/mol. The van der Waals surface area contributed by atoms with Gasteiger partial charge in [0.15, 0.2) is 0 Å². The minimum Gasteiger partial charge on any atom is -0.326 e. The van der Waals surface area contributed by atoms with Crippen LogP contribution in [0.5, 0.6) is 0 Å². The SMILES string of the molecule is CN(C(=O)CCCC(=O)Nc1cccc(Br)c1)c1ccccc1. The molecule has 2 aromatic carbocycles. The van der Waals surface area contributed by atoms with Crippen molar-refractivity contribution in [3.05, 3.63) is 59.1 Å². The first kappa shape index (κ1) is 17.2. The number of para-hydroxylation sites is 1. The predicted molar refractivity (Wildman–Crippen MR) is 96.5 cm³/mol. The molecule has 0 bridgehead atoms. The van der Waals surface area contributed by atoms with Crippen LogP contribution in [0.3, 0.4) is 0 Å². The fraction of sp³-hybridized carbons (Fsp3) is 0.222. The highest BCUT2D eigenvalue weighted by Crippen LogP contribution is 2.16. The molecule has 0 aliphatic carbocycles. The Morgan fingerprint density at radius 3 is 2.48 bits per heavy atom. The van der Waals surface area contributed by atoms with E-state index in [1.807, 2.05) is 54.6 Å².